The molecule has 62 valence electrons. The summed E-state index contributed by atoms with van der Waals surface area (Å²) >= 11 is 0. The molecule has 0 saturated heterocycles. The number of rotatable bonds is 3. The van der Waals surface area contributed by atoms with Crippen LogP contribution in [0.15, 0.2) is 0 Å². The summed E-state index contributed by atoms with van der Waals surface area (Å²) in [5.41, 5.74) is 0. The molecule has 0 amide bonds. The summed E-state index contributed by atoms with van der Waals surface area (Å²) < 4.78 is 65.9. The van der Waals surface area contributed by atoms with E-state index in [2.05, 4.69) is 0 Å². The van der Waals surface area contributed by atoms with Gasteiger partial charge in [-0.3, -0.25) is 0 Å². The molecule has 9 heteroatoms. The molecule has 0 aliphatic rings. The quantitative estimate of drug-likeness (QED) is 0.360. The highest BCUT2D eigenvalue weighted by Gasteiger charge is 2.35. The summed E-state index contributed by atoms with van der Waals surface area (Å²) in [6.07, 6.45) is -3.61. The normalized spacial score (nSPS) is 12.6. The van der Waals surface area contributed by atoms with Crippen molar-refractivity contribution in [3.05, 3.63) is 0 Å². The molecule has 0 saturated carbocycles. The van der Waals surface area contributed by atoms with Crippen molar-refractivity contribution < 1.29 is 26.9 Å². The highest BCUT2D eigenvalue weighted by molar-refractivity contribution is 4.34. The fourth-order valence-corrected chi connectivity index (χ4v) is 0.198. The lowest BCUT2D eigenvalue weighted by Crippen LogP contribution is -2.40. The minimum Gasteiger partial charge on any atom is -0.0980 e. The molecule has 3 nitrogen and oxygen atoms in total. The van der Waals surface area contributed by atoms with Gasteiger partial charge in [-0.2, -0.15) is 0 Å². The van der Waals surface area contributed by atoms with Gasteiger partial charge in [0.1, 0.15) is 0 Å². The second kappa shape index (κ2) is 3.58. The fourth-order valence-electron chi connectivity index (χ4n) is 0.198. The van der Waals surface area contributed by atoms with E-state index < -0.39 is 22.3 Å². The van der Waals surface area contributed by atoms with Crippen LogP contribution < -0.4 is 0 Å². The molecule has 0 aliphatic heterocycles. The molecule has 0 radical (unpaired) electrons. The molecule has 0 fully saturated rings. The Hall–Kier alpha value is -0.540. The summed E-state index contributed by atoms with van der Waals surface area (Å²) in [5.74, 6) is 0. The van der Waals surface area contributed by atoms with Gasteiger partial charge in [-0.15, -0.1) is 0 Å². The van der Waals surface area contributed by atoms with Gasteiger partial charge >= 0.3 is 0 Å². The Balaban J connectivity index is 3.98. The smallest absolute Gasteiger partial charge is 0.0980 e. The third-order valence-corrected chi connectivity index (χ3v) is 0.524. The summed E-state index contributed by atoms with van der Waals surface area (Å²) in [5, 5.41) is -7.00. The SMILES string of the molecule is FN(F)C(N(F)F)N(F)F. The van der Waals surface area contributed by atoms with Crippen molar-refractivity contribution in [2.75, 3.05) is 0 Å². The zero-order valence-corrected chi connectivity index (χ0v) is 4.19. The summed E-state index contributed by atoms with van der Waals surface area (Å²) in [4.78, 5) is 0. The van der Waals surface area contributed by atoms with Crippen molar-refractivity contribution in [3.63, 3.8) is 0 Å². The van der Waals surface area contributed by atoms with Crippen molar-refractivity contribution in [3.8, 4) is 0 Å². The molecule has 0 atom stereocenters. The topological polar surface area (TPSA) is 9.72 Å². The van der Waals surface area contributed by atoms with Crippen LogP contribution in [0.5, 0.6) is 0 Å². The van der Waals surface area contributed by atoms with E-state index in [0.717, 1.165) is 0 Å². The Morgan fingerprint density at radius 1 is 0.600 bits per heavy atom. The molecule has 0 heterocycles. The third-order valence-electron chi connectivity index (χ3n) is 0.524. The van der Waals surface area contributed by atoms with Crippen molar-refractivity contribution in [2.24, 2.45) is 0 Å². The molecule has 0 spiro atoms. The first kappa shape index (κ1) is 9.46. The highest BCUT2D eigenvalue weighted by atomic mass is 19.4. The van der Waals surface area contributed by atoms with E-state index in [1.807, 2.05) is 0 Å². The van der Waals surface area contributed by atoms with Gasteiger partial charge in [0.25, 0.3) is 6.29 Å². The van der Waals surface area contributed by atoms with Gasteiger partial charge in [-0.1, -0.05) is 26.9 Å². The van der Waals surface area contributed by atoms with Crippen LogP contribution in [-0.4, -0.2) is 22.3 Å². The third kappa shape index (κ3) is 2.37. The van der Waals surface area contributed by atoms with Gasteiger partial charge in [0, 0.05) is 0 Å². The van der Waals surface area contributed by atoms with E-state index in [1.165, 1.54) is 0 Å². The zero-order chi connectivity index (χ0) is 8.31. The van der Waals surface area contributed by atoms with Crippen LogP contribution in [-0.2, 0) is 0 Å². The van der Waals surface area contributed by atoms with Gasteiger partial charge < -0.3 is 0 Å². The monoisotopic (exact) mass is 169 g/mol. The molecule has 0 unspecified atom stereocenters. The molecule has 10 heavy (non-hydrogen) atoms. The number of nitrogens with zero attached hydrogens (tertiary/aromatic N) is 3. The van der Waals surface area contributed by atoms with Gasteiger partial charge in [-0.05, 0) is 0 Å². The van der Waals surface area contributed by atoms with Crippen molar-refractivity contribution in [1.29, 1.82) is 0 Å². The lowest BCUT2D eigenvalue weighted by atomic mass is 10.9. The van der Waals surface area contributed by atoms with E-state index >= 15 is 0 Å². The van der Waals surface area contributed by atoms with Gasteiger partial charge in [0.15, 0.2) is 0 Å². The molecule has 0 N–H and O–H groups in total. The molecular formula is CHF6N3. The minimum atomic E-state index is -3.61. The molecule has 0 rings (SSSR count). The second-order valence-corrected chi connectivity index (χ2v) is 1.12. The number of halogens is 6. The predicted octanol–water partition coefficient (Wildman–Crippen LogP) is 1.48. The van der Waals surface area contributed by atoms with E-state index in [0.29, 0.717) is 0 Å². The van der Waals surface area contributed by atoms with E-state index in [-0.39, 0.29) is 0 Å². The Morgan fingerprint density at radius 2 is 0.800 bits per heavy atom. The summed E-state index contributed by atoms with van der Waals surface area (Å²) in [6, 6.07) is 0. The summed E-state index contributed by atoms with van der Waals surface area (Å²) in [7, 11) is 0. The van der Waals surface area contributed by atoms with E-state index in [1.54, 1.807) is 0 Å². The highest BCUT2D eigenvalue weighted by Crippen LogP contribution is 2.14. The van der Waals surface area contributed by atoms with E-state index in [4.69, 9.17) is 0 Å². The Labute approximate surface area is 50.6 Å². The lowest BCUT2D eigenvalue weighted by molar-refractivity contribution is -0.419. The Bertz CT molecular complexity index is 74.0. The molecule has 0 aromatic heterocycles. The van der Waals surface area contributed by atoms with Gasteiger partial charge in [0.05, 0.1) is 16.0 Å². The summed E-state index contributed by atoms with van der Waals surface area (Å²) in [6.45, 7) is 0. The maximum atomic E-state index is 11.0. The first-order valence-corrected chi connectivity index (χ1v) is 1.79. The first-order valence-electron chi connectivity index (χ1n) is 1.79. The maximum absolute atomic E-state index is 11.0. The average molecular weight is 169 g/mol. The van der Waals surface area contributed by atoms with Crippen molar-refractivity contribution >= 4 is 0 Å². The van der Waals surface area contributed by atoms with Crippen LogP contribution >= 0.6 is 0 Å². The number of hydrogen-bond acceptors (Lipinski definition) is 3. The fraction of sp³-hybridized carbons (Fsp3) is 1.00. The van der Waals surface area contributed by atoms with Crippen molar-refractivity contribution in [1.82, 2.24) is 16.0 Å². The molecule has 0 aliphatic carbocycles. The van der Waals surface area contributed by atoms with E-state index in [9.17, 15) is 26.9 Å². The molecular weight excluding hydrogens is 168 g/mol. The molecule has 0 aromatic rings. The van der Waals surface area contributed by atoms with Crippen LogP contribution in [0.2, 0.25) is 0 Å². The average Bonchev–Trinajstić information content (AvgIpc) is 1.59. The standard InChI is InChI=1S/CHF6N3/c2-8(3)1(9(4)5)10(6)7/h1H. The Morgan fingerprint density at radius 3 is 0.800 bits per heavy atom. The second-order valence-electron chi connectivity index (χ2n) is 1.12. The van der Waals surface area contributed by atoms with Crippen LogP contribution in [0, 0.1) is 0 Å². The van der Waals surface area contributed by atoms with Crippen LogP contribution in [0.4, 0.5) is 26.9 Å². The van der Waals surface area contributed by atoms with Gasteiger partial charge in [0.2, 0.25) is 0 Å². The zero-order valence-electron chi connectivity index (χ0n) is 4.19. The van der Waals surface area contributed by atoms with Gasteiger partial charge in [-0.25, -0.2) is 0 Å². The largest absolute Gasteiger partial charge is 0.296 e. The molecule has 0 bridgehead atoms. The van der Waals surface area contributed by atoms with Crippen LogP contribution in [0.3, 0.4) is 0 Å². The lowest BCUT2D eigenvalue weighted by Gasteiger charge is -2.14. The first-order chi connectivity index (χ1) is 4.46. The van der Waals surface area contributed by atoms with Crippen LogP contribution in [0.1, 0.15) is 0 Å². The minimum absolute atomic E-state index is 2.33. The van der Waals surface area contributed by atoms with Crippen LogP contribution in [0.25, 0.3) is 0 Å². The molecule has 0 aromatic carbocycles. The maximum Gasteiger partial charge on any atom is 0.296 e. The number of hydrogen-bond donors (Lipinski definition) is 0. The van der Waals surface area contributed by atoms with Crippen molar-refractivity contribution in [2.45, 2.75) is 6.29 Å². The Kier molecular flexibility index (Phi) is 3.39. The predicted molar refractivity (Wildman–Crippen MR) is 16.0 cm³/mol.